The summed E-state index contributed by atoms with van der Waals surface area (Å²) in [6.45, 7) is 9.52. The third kappa shape index (κ3) is 4.58. The molecule has 2 aliphatic rings. The second-order valence-electron chi connectivity index (χ2n) is 8.61. The maximum absolute atomic E-state index is 12.3. The van der Waals surface area contributed by atoms with E-state index in [9.17, 15) is 9.90 Å². The predicted molar refractivity (Wildman–Crippen MR) is 108 cm³/mol. The summed E-state index contributed by atoms with van der Waals surface area (Å²) < 4.78 is 12.0. The molecule has 0 aliphatic carbocycles. The first-order valence-electron chi connectivity index (χ1n) is 9.62. The van der Waals surface area contributed by atoms with E-state index in [1.54, 1.807) is 6.20 Å². The van der Waals surface area contributed by atoms with Crippen LogP contribution in [0.1, 0.15) is 46.2 Å². The fourth-order valence-electron chi connectivity index (χ4n) is 4.07. The molecule has 1 amide bonds. The van der Waals surface area contributed by atoms with Crippen LogP contribution in [0.15, 0.2) is 10.8 Å². The van der Waals surface area contributed by atoms with Crippen molar-refractivity contribution in [2.75, 3.05) is 24.6 Å². The third-order valence-electron chi connectivity index (χ3n) is 5.44. The highest BCUT2D eigenvalue weighted by molar-refractivity contribution is 9.10. The van der Waals surface area contributed by atoms with Crippen LogP contribution in [0.25, 0.3) is 0 Å². The lowest BCUT2D eigenvalue weighted by Crippen LogP contribution is -2.55. The van der Waals surface area contributed by atoms with Crippen molar-refractivity contribution in [1.82, 2.24) is 15.3 Å². The highest BCUT2D eigenvalue weighted by Crippen LogP contribution is 2.43. The molecule has 0 bridgehead atoms. The molecule has 3 rings (SSSR count). The summed E-state index contributed by atoms with van der Waals surface area (Å²) in [5.41, 5.74) is -0.107. The summed E-state index contributed by atoms with van der Waals surface area (Å²) in [4.78, 5) is 23.2. The van der Waals surface area contributed by atoms with Gasteiger partial charge in [0.2, 0.25) is 0 Å². The minimum absolute atomic E-state index is 0.0699. The van der Waals surface area contributed by atoms with Crippen LogP contribution < -0.4 is 10.2 Å². The van der Waals surface area contributed by atoms with E-state index >= 15 is 0 Å². The summed E-state index contributed by atoms with van der Waals surface area (Å²) >= 11 is 3.30. The Hall–Kier alpha value is -1.45. The molecule has 2 atom stereocenters. The first-order valence-corrected chi connectivity index (χ1v) is 10.4. The summed E-state index contributed by atoms with van der Waals surface area (Å²) in [6, 6.07) is -0.0992. The van der Waals surface area contributed by atoms with Gasteiger partial charge in [0.05, 0.1) is 31.6 Å². The molecule has 1 spiro atoms. The number of piperidine rings is 1. The standard InChI is InChI=1S/C19H29BrN4O4/c1-12-15(23-17(26)28-18(2,3)4)19(11-27-12)5-7-24(8-6-19)16-13(10-25)22-14(20)9-21-16/h9,12,15,25H,5-8,10-11H2,1-4H3,(H,23,26)/t12-,15?/m0/s1. The lowest BCUT2D eigenvalue weighted by atomic mass is 9.73. The predicted octanol–water partition coefficient (Wildman–Crippen LogP) is 2.63. The van der Waals surface area contributed by atoms with Crippen molar-refractivity contribution < 1.29 is 19.4 Å². The average Bonchev–Trinajstić information content (AvgIpc) is 2.90. The van der Waals surface area contributed by atoms with Gasteiger partial charge in [-0.25, -0.2) is 14.8 Å². The lowest BCUT2D eigenvalue weighted by Gasteiger charge is -2.43. The van der Waals surface area contributed by atoms with Gasteiger partial charge < -0.3 is 24.8 Å². The number of carbonyl (C=O) groups excluding carboxylic acids is 1. The van der Waals surface area contributed by atoms with Crippen LogP contribution in [0, 0.1) is 5.41 Å². The Kier molecular flexibility index (Phi) is 6.17. The van der Waals surface area contributed by atoms with Crippen molar-refractivity contribution in [3.63, 3.8) is 0 Å². The highest BCUT2D eigenvalue weighted by atomic mass is 79.9. The smallest absolute Gasteiger partial charge is 0.407 e. The van der Waals surface area contributed by atoms with Crippen molar-refractivity contribution in [1.29, 1.82) is 0 Å². The van der Waals surface area contributed by atoms with E-state index in [-0.39, 0.29) is 24.2 Å². The quantitative estimate of drug-likeness (QED) is 0.721. The van der Waals surface area contributed by atoms with Crippen LogP contribution in [-0.4, -0.2) is 58.6 Å². The number of halogens is 1. The van der Waals surface area contributed by atoms with E-state index in [2.05, 4.69) is 36.1 Å². The maximum Gasteiger partial charge on any atom is 0.407 e. The zero-order valence-electron chi connectivity index (χ0n) is 16.9. The van der Waals surface area contributed by atoms with Crippen LogP contribution in [0.4, 0.5) is 10.6 Å². The molecule has 1 aromatic rings. The normalized spacial score (nSPS) is 24.4. The molecular weight excluding hydrogens is 428 g/mol. The number of aliphatic hydroxyl groups excluding tert-OH is 1. The number of hydrogen-bond donors (Lipinski definition) is 2. The molecule has 2 fully saturated rings. The second kappa shape index (κ2) is 8.12. The minimum Gasteiger partial charge on any atom is -0.444 e. The van der Waals surface area contributed by atoms with E-state index in [1.807, 2.05) is 27.7 Å². The first-order chi connectivity index (χ1) is 13.1. The Morgan fingerprint density at radius 1 is 1.46 bits per heavy atom. The Morgan fingerprint density at radius 2 is 2.14 bits per heavy atom. The fourth-order valence-corrected chi connectivity index (χ4v) is 4.39. The SMILES string of the molecule is C[C@@H]1OCC2(CCN(c3ncc(Br)nc3CO)CC2)C1NC(=O)OC(C)(C)C. The number of aromatic nitrogens is 2. The number of nitrogens with zero attached hydrogens (tertiary/aromatic N) is 3. The van der Waals surface area contributed by atoms with Gasteiger partial charge in [-0.3, -0.25) is 0 Å². The minimum atomic E-state index is -0.537. The van der Waals surface area contributed by atoms with Crippen LogP contribution in [0.3, 0.4) is 0 Å². The molecule has 1 unspecified atom stereocenters. The molecule has 0 aromatic carbocycles. The molecule has 28 heavy (non-hydrogen) atoms. The molecule has 9 heteroatoms. The number of aliphatic hydroxyl groups is 1. The summed E-state index contributed by atoms with van der Waals surface area (Å²) in [5, 5.41) is 12.7. The molecule has 2 N–H and O–H groups in total. The summed E-state index contributed by atoms with van der Waals surface area (Å²) in [5.74, 6) is 0.712. The molecule has 2 saturated heterocycles. The molecule has 0 saturated carbocycles. The third-order valence-corrected chi connectivity index (χ3v) is 5.82. The van der Waals surface area contributed by atoms with Crippen molar-refractivity contribution in [2.45, 2.75) is 64.9 Å². The Labute approximate surface area is 174 Å². The number of amides is 1. The second-order valence-corrected chi connectivity index (χ2v) is 9.42. The maximum atomic E-state index is 12.3. The van der Waals surface area contributed by atoms with E-state index in [0.717, 1.165) is 25.9 Å². The largest absolute Gasteiger partial charge is 0.444 e. The fraction of sp³-hybridized carbons (Fsp3) is 0.737. The van der Waals surface area contributed by atoms with E-state index in [4.69, 9.17) is 9.47 Å². The topological polar surface area (TPSA) is 96.8 Å². The van der Waals surface area contributed by atoms with Gasteiger partial charge in [0.15, 0.2) is 5.82 Å². The summed E-state index contributed by atoms with van der Waals surface area (Å²) in [6.07, 6.45) is 2.87. The van der Waals surface area contributed by atoms with Gasteiger partial charge in [-0.1, -0.05) is 0 Å². The Morgan fingerprint density at radius 3 is 2.75 bits per heavy atom. The highest BCUT2D eigenvalue weighted by Gasteiger charge is 2.50. The van der Waals surface area contributed by atoms with Crippen molar-refractivity contribution >= 4 is 27.8 Å². The Bertz CT molecular complexity index is 716. The molecular formula is C19H29BrN4O4. The number of ether oxygens (including phenoxy) is 2. The van der Waals surface area contributed by atoms with Crippen LogP contribution >= 0.6 is 15.9 Å². The number of rotatable bonds is 3. The number of carbonyl (C=O) groups is 1. The number of anilines is 1. The van der Waals surface area contributed by atoms with Gasteiger partial charge in [0.25, 0.3) is 0 Å². The number of hydrogen-bond acceptors (Lipinski definition) is 7. The summed E-state index contributed by atoms with van der Waals surface area (Å²) in [7, 11) is 0. The molecule has 8 nitrogen and oxygen atoms in total. The zero-order chi connectivity index (χ0) is 20.5. The van der Waals surface area contributed by atoms with Gasteiger partial charge >= 0.3 is 6.09 Å². The molecule has 1 aromatic heterocycles. The van der Waals surface area contributed by atoms with Crippen LogP contribution in [-0.2, 0) is 16.1 Å². The molecule has 2 aliphatic heterocycles. The monoisotopic (exact) mass is 456 g/mol. The van der Waals surface area contributed by atoms with Gasteiger partial charge in [0, 0.05) is 18.5 Å². The Balaban J connectivity index is 1.70. The van der Waals surface area contributed by atoms with E-state index in [1.165, 1.54) is 0 Å². The van der Waals surface area contributed by atoms with Gasteiger partial charge in [-0.05, 0) is 56.5 Å². The lowest BCUT2D eigenvalue weighted by molar-refractivity contribution is 0.0434. The van der Waals surface area contributed by atoms with E-state index in [0.29, 0.717) is 22.7 Å². The molecule has 3 heterocycles. The van der Waals surface area contributed by atoms with Crippen molar-refractivity contribution in [2.24, 2.45) is 5.41 Å². The average molecular weight is 457 g/mol. The number of nitrogens with one attached hydrogen (secondary N) is 1. The van der Waals surface area contributed by atoms with Crippen LogP contribution in [0.5, 0.6) is 0 Å². The van der Waals surface area contributed by atoms with E-state index < -0.39 is 11.7 Å². The van der Waals surface area contributed by atoms with Gasteiger partial charge in [-0.15, -0.1) is 0 Å². The van der Waals surface area contributed by atoms with Gasteiger partial charge in [-0.2, -0.15) is 0 Å². The van der Waals surface area contributed by atoms with Crippen molar-refractivity contribution in [3.05, 3.63) is 16.5 Å². The zero-order valence-corrected chi connectivity index (χ0v) is 18.5. The number of alkyl carbamates (subject to hydrolysis) is 1. The van der Waals surface area contributed by atoms with Crippen LogP contribution in [0.2, 0.25) is 0 Å². The molecule has 156 valence electrons. The van der Waals surface area contributed by atoms with Gasteiger partial charge in [0.1, 0.15) is 15.9 Å². The molecule has 0 radical (unpaired) electrons. The first kappa shape index (κ1) is 21.3. The van der Waals surface area contributed by atoms with Crippen molar-refractivity contribution in [3.8, 4) is 0 Å².